The SMILES string of the molecule is CCOC(=O)[C@@](F)(OC(F)(F)[C@](F)(OC(F)(F)C(F)(F)C(F)(F)F)C(F)(F)F)C(F)(F)F. The van der Waals surface area contributed by atoms with Gasteiger partial charge in [0.1, 0.15) is 0 Å². The molecular weight excluding hydrogens is 519 g/mol. The summed E-state index contributed by atoms with van der Waals surface area (Å²) in [5, 5.41) is 0. The van der Waals surface area contributed by atoms with Crippen molar-refractivity contribution in [3.05, 3.63) is 0 Å². The smallest absolute Gasteiger partial charge is 0.462 e. The van der Waals surface area contributed by atoms with Gasteiger partial charge in [0.05, 0.1) is 6.61 Å². The third kappa shape index (κ3) is 5.06. The zero-order valence-electron chi connectivity index (χ0n) is 14.3. The van der Waals surface area contributed by atoms with Crippen molar-refractivity contribution in [2.75, 3.05) is 6.61 Å². The van der Waals surface area contributed by atoms with Crippen molar-refractivity contribution < 1.29 is 93.6 Å². The van der Waals surface area contributed by atoms with Crippen LogP contribution in [0.4, 0.5) is 74.6 Å². The molecule has 0 heterocycles. The lowest BCUT2D eigenvalue weighted by atomic mass is 10.2. The van der Waals surface area contributed by atoms with Gasteiger partial charge in [-0.15, -0.1) is 0 Å². The highest BCUT2D eigenvalue weighted by Crippen LogP contribution is 2.56. The molecule has 0 radical (unpaired) electrons. The lowest BCUT2D eigenvalue weighted by Gasteiger charge is -2.39. The van der Waals surface area contributed by atoms with E-state index in [0.29, 0.717) is 6.92 Å². The van der Waals surface area contributed by atoms with E-state index in [1.165, 1.54) is 4.74 Å². The molecule has 0 bridgehead atoms. The van der Waals surface area contributed by atoms with Crippen LogP contribution in [0.15, 0.2) is 0 Å². The number of hydrogen-bond acceptors (Lipinski definition) is 4. The second kappa shape index (κ2) is 8.20. The van der Waals surface area contributed by atoms with Gasteiger partial charge in [-0.2, -0.15) is 74.6 Å². The van der Waals surface area contributed by atoms with Crippen LogP contribution in [0, 0.1) is 0 Å². The minimum atomic E-state index is -8.03. The van der Waals surface area contributed by atoms with Gasteiger partial charge in [0, 0.05) is 0 Å². The number of hydrogen-bond donors (Lipinski definition) is 0. The van der Waals surface area contributed by atoms with Gasteiger partial charge in [0.2, 0.25) is 0 Å². The van der Waals surface area contributed by atoms with E-state index in [0.717, 1.165) is 0 Å². The van der Waals surface area contributed by atoms with E-state index in [4.69, 9.17) is 0 Å². The molecule has 0 rings (SSSR count). The van der Waals surface area contributed by atoms with Crippen LogP contribution in [-0.2, 0) is 19.0 Å². The Morgan fingerprint density at radius 1 is 0.594 bits per heavy atom. The number of carbonyl (C=O) groups excluding carboxylic acids is 1. The highest BCUT2D eigenvalue weighted by atomic mass is 19.4. The molecule has 2 atom stereocenters. The lowest BCUT2D eigenvalue weighted by Crippen LogP contribution is -2.68. The lowest BCUT2D eigenvalue weighted by molar-refractivity contribution is -0.548. The average Bonchev–Trinajstić information content (AvgIpc) is 2.50. The number of esters is 1. The van der Waals surface area contributed by atoms with Crippen molar-refractivity contribution in [1.82, 2.24) is 0 Å². The van der Waals surface area contributed by atoms with E-state index in [9.17, 15) is 79.4 Å². The van der Waals surface area contributed by atoms with E-state index >= 15 is 0 Å². The molecule has 0 aliphatic heterocycles. The molecule has 0 aliphatic carbocycles. The van der Waals surface area contributed by atoms with Crippen LogP contribution in [0.2, 0.25) is 0 Å². The molecule has 0 amide bonds. The summed E-state index contributed by atoms with van der Waals surface area (Å²) in [5.41, 5.74) is 0. The molecule has 0 N–H and O–H groups in total. The van der Waals surface area contributed by atoms with E-state index < -0.39 is 61.0 Å². The van der Waals surface area contributed by atoms with Crippen molar-refractivity contribution in [2.24, 2.45) is 0 Å². The van der Waals surface area contributed by atoms with Crippen molar-refractivity contribution in [3.8, 4) is 0 Å². The van der Waals surface area contributed by atoms with Crippen LogP contribution in [0.5, 0.6) is 0 Å². The van der Waals surface area contributed by atoms with Crippen molar-refractivity contribution in [2.45, 2.75) is 55.3 Å². The Kier molecular flexibility index (Phi) is 7.74. The zero-order chi connectivity index (χ0) is 26.4. The summed E-state index contributed by atoms with van der Waals surface area (Å²) < 4.78 is 223. The fraction of sp³-hybridized carbons (Fsp3) is 0.909. The van der Waals surface area contributed by atoms with Crippen molar-refractivity contribution in [1.29, 1.82) is 0 Å². The predicted molar refractivity (Wildman–Crippen MR) is 59.5 cm³/mol. The molecule has 0 saturated carbocycles. The Morgan fingerprint density at radius 2 is 1.00 bits per heavy atom. The second-order valence-electron chi connectivity index (χ2n) is 5.22. The molecule has 0 saturated heterocycles. The fourth-order valence-electron chi connectivity index (χ4n) is 1.37. The Hall–Kier alpha value is -1.80. The highest BCUT2D eigenvalue weighted by molar-refractivity contribution is 5.78. The maximum Gasteiger partial charge on any atom is 0.462 e. The van der Waals surface area contributed by atoms with Crippen LogP contribution in [0.3, 0.4) is 0 Å². The van der Waals surface area contributed by atoms with Gasteiger partial charge in [-0.3, -0.25) is 9.47 Å². The molecule has 32 heavy (non-hydrogen) atoms. The number of halogens is 17. The summed E-state index contributed by atoms with van der Waals surface area (Å²) in [7, 11) is 0. The molecule has 21 heteroatoms. The van der Waals surface area contributed by atoms with Gasteiger partial charge < -0.3 is 4.74 Å². The quantitative estimate of drug-likeness (QED) is 0.315. The van der Waals surface area contributed by atoms with Crippen LogP contribution >= 0.6 is 0 Å². The zero-order valence-corrected chi connectivity index (χ0v) is 14.3. The molecule has 0 spiro atoms. The van der Waals surface area contributed by atoms with Crippen LogP contribution < -0.4 is 0 Å². The third-order valence-corrected chi connectivity index (χ3v) is 2.90. The topological polar surface area (TPSA) is 44.8 Å². The summed E-state index contributed by atoms with van der Waals surface area (Å²) in [4.78, 5) is 10.9. The minimum absolute atomic E-state index is 0.560. The number of rotatable bonds is 8. The van der Waals surface area contributed by atoms with E-state index in [1.807, 2.05) is 0 Å². The maximum absolute atomic E-state index is 13.8. The average molecular weight is 524 g/mol. The summed E-state index contributed by atoms with van der Waals surface area (Å²) in [5.74, 6) is -26.4. The summed E-state index contributed by atoms with van der Waals surface area (Å²) >= 11 is 0. The van der Waals surface area contributed by atoms with Gasteiger partial charge in [-0.25, -0.2) is 4.79 Å². The number of alkyl halides is 17. The van der Waals surface area contributed by atoms with Crippen LogP contribution in [-0.4, -0.2) is 61.0 Å². The van der Waals surface area contributed by atoms with Gasteiger partial charge in [-0.1, -0.05) is 0 Å². The molecule has 0 unspecified atom stereocenters. The van der Waals surface area contributed by atoms with Crippen LogP contribution in [0.25, 0.3) is 0 Å². The summed E-state index contributed by atoms with van der Waals surface area (Å²) in [6.07, 6.45) is -38.5. The van der Waals surface area contributed by atoms with E-state index in [1.54, 1.807) is 4.74 Å². The van der Waals surface area contributed by atoms with E-state index in [2.05, 4.69) is 4.74 Å². The third-order valence-electron chi connectivity index (χ3n) is 2.90. The second-order valence-corrected chi connectivity index (χ2v) is 5.22. The fourth-order valence-corrected chi connectivity index (χ4v) is 1.37. The number of ether oxygens (including phenoxy) is 3. The van der Waals surface area contributed by atoms with Crippen molar-refractivity contribution >= 4 is 5.97 Å². The first-order chi connectivity index (χ1) is 13.6. The minimum Gasteiger partial charge on any atom is -0.462 e. The Bertz CT molecular complexity index is 679. The van der Waals surface area contributed by atoms with E-state index in [-0.39, 0.29) is 0 Å². The van der Waals surface area contributed by atoms with Crippen molar-refractivity contribution in [3.63, 3.8) is 0 Å². The molecule has 0 aromatic rings. The molecular formula is C11H5F17O4. The first kappa shape index (κ1) is 30.2. The van der Waals surface area contributed by atoms with Gasteiger partial charge >= 0.3 is 54.3 Å². The summed E-state index contributed by atoms with van der Waals surface area (Å²) in [6.45, 7) is -0.771. The monoisotopic (exact) mass is 524 g/mol. The molecule has 192 valence electrons. The normalized spacial score (nSPS) is 18.7. The molecule has 0 fully saturated rings. The van der Waals surface area contributed by atoms with Gasteiger partial charge in [0.25, 0.3) is 0 Å². The first-order valence-corrected chi connectivity index (χ1v) is 6.93. The molecule has 0 aromatic carbocycles. The first-order valence-electron chi connectivity index (χ1n) is 6.93. The Labute approximate surface area is 163 Å². The van der Waals surface area contributed by atoms with Gasteiger partial charge in [0.15, 0.2) is 0 Å². The number of carbonyl (C=O) groups is 1. The Morgan fingerprint density at radius 3 is 1.28 bits per heavy atom. The summed E-state index contributed by atoms with van der Waals surface area (Å²) in [6, 6.07) is 0. The van der Waals surface area contributed by atoms with Gasteiger partial charge in [-0.05, 0) is 6.92 Å². The molecule has 4 nitrogen and oxygen atoms in total. The standard InChI is InChI=1S/C11H5F17O4/c1-2-30-3(29)4(12,7(16,17)18)31-11(27,28)6(15,9(22,23)24)32-10(25,26)5(13,14)8(19,20)21/h2H2,1H3/t4-,6-/m1/s1. The van der Waals surface area contributed by atoms with Crippen LogP contribution in [0.1, 0.15) is 6.92 Å². The maximum atomic E-state index is 13.8. The highest BCUT2D eigenvalue weighted by Gasteiger charge is 2.85. The Balaban J connectivity index is 6.70. The molecule has 0 aromatic heterocycles. The molecule has 0 aliphatic rings. The predicted octanol–water partition coefficient (Wildman–Crippen LogP) is 5.42. The largest absolute Gasteiger partial charge is 0.462 e.